The Morgan fingerprint density at radius 2 is 1.20 bits per heavy atom. The summed E-state index contributed by atoms with van der Waals surface area (Å²) in [5, 5.41) is 3.35. The van der Waals surface area contributed by atoms with Crippen molar-refractivity contribution in [2.24, 2.45) is 0 Å². The predicted molar refractivity (Wildman–Crippen MR) is 161 cm³/mol. The van der Waals surface area contributed by atoms with Gasteiger partial charge in [-0.2, -0.15) is 0 Å². The van der Waals surface area contributed by atoms with Crippen molar-refractivity contribution in [1.29, 1.82) is 0 Å². The van der Waals surface area contributed by atoms with E-state index in [9.17, 15) is 0 Å². The summed E-state index contributed by atoms with van der Waals surface area (Å²) in [6, 6.07) is 34.6. The number of nitrogens with zero attached hydrogens (tertiary/aromatic N) is 1. The van der Waals surface area contributed by atoms with Gasteiger partial charge in [0, 0.05) is 0 Å². The van der Waals surface area contributed by atoms with Crippen LogP contribution in [-0.4, -0.2) is 17.1 Å². The van der Waals surface area contributed by atoms with Gasteiger partial charge >= 0.3 is 215 Å². The Morgan fingerprint density at radius 1 is 0.714 bits per heavy atom. The zero-order chi connectivity index (χ0) is 24.3. The Morgan fingerprint density at radius 3 is 1.69 bits per heavy atom. The number of hydrogen-bond acceptors (Lipinski definition) is 1. The molecule has 0 N–H and O–H groups in total. The van der Waals surface area contributed by atoms with Gasteiger partial charge < -0.3 is 0 Å². The van der Waals surface area contributed by atoms with Gasteiger partial charge in [0.15, 0.2) is 0 Å². The molecule has 1 spiro atoms. The molecule has 2 aliphatic rings. The minimum absolute atomic E-state index is 0.643. The summed E-state index contributed by atoms with van der Waals surface area (Å²) < 4.78 is 3.24. The van der Waals surface area contributed by atoms with E-state index in [4.69, 9.17) is 6.58 Å². The minimum atomic E-state index is -2.06. The van der Waals surface area contributed by atoms with Crippen molar-refractivity contribution >= 4 is 20.1 Å². The molecule has 2 atom stereocenters. The van der Waals surface area contributed by atoms with Crippen LogP contribution in [0.2, 0.25) is 0 Å². The maximum atomic E-state index is 5.17. The quantitative estimate of drug-likeness (QED) is 0.263. The van der Waals surface area contributed by atoms with Gasteiger partial charge in [-0.05, 0) is 0 Å². The third-order valence-corrected chi connectivity index (χ3v) is 23.6. The van der Waals surface area contributed by atoms with E-state index < -0.39 is 14.8 Å². The molecule has 3 heteroatoms. The Hall–Kier alpha value is -1.78. The monoisotopic (exact) mass is 503 g/mol. The molecule has 0 unspecified atom stereocenters. The molecule has 0 radical (unpaired) electrons. The summed E-state index contributed by atoms with van der Waals surface area (Å²) in [5.74, 6) is 0. The van der Waals surface area contributed by atoms with Crippen molar-refractivity contribution in [2.75, 3.05) is 12.7 Å². The zero-order valence-corrected chi connectivity index (χ0v) is 23.6. The molecule has 5 rings (SSSR count). The number of benzene rings is 3. The molecule has 0 saturated carbocycles. The zero-order valence-electron chi connectivity index (χ0n) is 21.6. The molecule has 35 heavy (non-hydrogen) atoms. The van der Waals surface area contributed by atoms with E-state index in [1.54, 1.807) is 21.5 Å². The van der Waals surface area contributed by atoms with Gasteiger partial charge in [-0.3, -0.25) is 0 Å². The normalized spacial score (nSPS) is 24.7. The SMILES string of the molecule is C=C1[PH](CCCC)(c2ccccc2)N(CCCC)[PH]12[C@H](c1ccccc1)CC[C@H]2c1ccccc1. The summed E-state index contributed by atoms with van der Waals surface area (Å²) in [4.78, 5) is 0. The van der Waals surface area contributed by atoms with Crippen LogP contribution in [0.5, 0.6) is 0 Å². The molecule has 3 aromatic carbocycles. The average Bonchev–Trinajstić information content (AvgIpc) is 3.34. The van der Waals surface area contributed by atoms with Gasteiger partial charge in [0.25, 0.3) is 0 Å². The summed E-state index contributed by atoms with van der Waals surface area (Å²) in [6.07, 6.45) is 9.03. The van der Waals surface area contributed by atoms with E-state index >= 15 is 0 Å². The van der Waals surface area contributed by atoms with Crippen LogP contribution in [-0.2, 0) is 0 Å². The van der Waals surface area contributed by atoms with Crippen molar-refractivity contribution in [3.05, 3.63) is 114 Å². The molecule has 3 aromatic rings. The Bertz CT molecular complexity index is 1070. The molecule has 0 aromatic heterocycles. The molecule has 186 valence electrons. The molecule has 2 heterocycles. The molecule has 2 fully saturated rings. The third-order valence-electron chi connectivity index (χ3n) is 8.98. The maximum absolute atomic E-state index is 5.17. The van der Waals surface area contributed by atoms with E-state index in [1.807, 2.05) is 0 Å². The van der Waals surface area contributed by atoms with Crippen LogP contribution < -0.4 is 5.30 Å². The van der Waals surface area contributed by atoms with E-state index in [1.165, 1.54) is 51.2 Å². The van der Waals surface area contributed by atoms with Gasteiger partial charge in [0.1, 0.15) is 0 Å². The van der Waals surface area contributed by atoms with Crippen LogP contribution in [0.25, 0.3) is 0 Å². The first-order valence-corrected chi connectivity index (χ1v) is 18.1. The summed E-state index contributed by atoms with van der Waals surface area (Å²) in [7, 11) is -4.05. The molecule has 2 aliphatic heterocycles. The molecular formula is C32H43NP2. The van der Waals surface area contributed by atoms with Crippen molar-refractivity contribution in [3.63, 3.8) is 0 Å². The van der Waals surface area contributed by atoms with Gasteiger partial charge in [0.2, 0.25) is 0 Å². The standard InChI is InChI=1S/C32H43NP2/c1-4-6-25-33-34(26-7-5-2,30-21-15-10-16-22-30)27(3)35(33)31(28-17-11-8-12-18-28)23-24-32(35)29-19-13-9-14-20-29/h8-22,31-32,34-35H,3-7,23-26H2,1-2H3/t31-,32-/m0/s1. The van der Waals surface area contributed by atoms with Crippen LogP contribution in [0.4, 0.5) is 0 Å². The molecule has 1 nitrogen and oxygen atoms in total. The van der Waals surface area contributed by atoms with Gasteiger partial charge in [-0.1, -0.05) is 0 Å². The van der Waals surface area contributed by atoms with Gasteiger partial charge in [-0.25, -0.2) is 0 Å². The number of hydrogen-bond donors (Lipinski definition) is 0. The number of unbranched alkanes of at least 4 members (excludes halogenated alkanes) is 2. The fourth-order valence-electron chi connectivity index (χ4n) is 7.54. The number of rotatable bonds is 9. The molecule has 0 bridgehead atoms. The first-order valence-electron chi connectivity index (χ1n) is 13.8. The second-order valence-corrected chi connectivity index (χ2v) is 19.7. The van der Waals surface area contributed by atoms with Crippen LogP contribution in [0.3, 0.4) is 0 Å². The van der Waals surface area contributed by atoms with Crippen LogP contribution >= 0.6 is 14.8 Å². The molecule has 2 saturated heterocycles. The van der Waals surface area contributed by atoms with Crippen LogP contribution in [0.1, 0.15) is 74.8 Å². The second-order valence-electron chi connectivity index (χ2n) is 10.6. The van der Waals surface area contributed by atoms with Crippen molar-refractivity contribution < 1.29 is 0 Å². The van der Waals surface area contributed by atoms with Gasteiger partial charge in [0.05, 0.1) is 0 Å². The van der Waals surface area contributed by atoms with E-state index in [-0.39, 0.29) is 0 Å². The first kappa shape index (κ1) is 24.9. The molecule has 0 amide bonds. The second kappa shape index (κ2) is 10.7. The van der Waals surface area contributed by atoms with E-state index in [2.05, 4.69) is 109 Å². The van der Waals surface area contributed by atoms with Crippen molar-refractivity contribution in [2.45, 2.75) is 63.7 Å². The van der Waals surface area contributed by atoms with Crippen molar-refractivity contribution in [1.82, 2.24) is 4.44 Å². The molecule has 0 aliphatic carbocycles. The Kier molecular flexibility index (Phi) is 7.60. The van der Waals surface area contributed by atoms with E-state index in [0.717, 1.165) is 0 Å². The van der Waals surface area contributed by atoms with Crippen molar-refractivity contribution in [3.8, 4) is 0 Å². The first-order chi connectivity index (χ1) is 17.2. The molecular weight excluding hydrogens is 460 g/mol. The van der Waals surface area contributed by atoms with E-state index in [0.29, 0.717) is 11.3 Å². The predicted octanol–water partition coefficient (Wildman–Crippen LogP) is 9.31. The summed E-state index contributed by atoms with van der Waals surface area (Å²) in [5.41, 5.74) is 4.41. The summed E-state index contributed by atoms with van der Waals surface area (Å²) in [6.45, 7) is 11.1. The fourth-order valence-corrected chi connectivity index (χ4v) is 26.6. The Labute approximate surface area is 214 Å². The third kappa shape index (κ3) is 3.96. The fraction of sp³-hybridized carbons (Fsp3) is 0.375. The van der Waals surface area contributed by atoms with Crippen LogP contribution in [0.15, 0.2) is 103 Å². The van der Waals surface area contributed by atoms with Crippen LogP contribution in [0, 0.1) is 0 Å². The average molecular weight is 504 g/mol. The van der Waals surface area contributed by atoms with Gasteiger partial charge in [-0.15, -0.1) is 0 Å². The summed E-state index contributed by atoms with van der Waals surface area (Å²) >= 11 is 0. The topological polar surface area (TPSA) is 3.24 Å². The Balaban J connectivity index is 1.71.